The van der Waals surface area contributed by atoms with Gasteiger partial charge in [-0.25, -0.2) is 9.37 Å². The minimum Gasteiger partial charge on any atom is -0.501 e. The van der Waals surface area contributed by atoms with Crippen molar-refractivity contribution in [3.63, 3.8) is 0 Å². The van der Waals surface area contributed by atoms with Crippen molar-refractivity contribution >= 4 is 11.6 Å². The van der Waals surface area contributed by atoms with Crippen molar-refractivity contribution in [3.05, 3.63) is 64.1 Å². The Hall–Kier alpha value is -3.16. The van der Waals surface area contributed by atoms with E-state index in [-0.39, 0.29) is 29.7 Å². The van der Waals surface area contributed by atoms with Crippen molar-refractivity contribution in [2.75, 3.05) is 0 Å². The minimum absolute atomic E-state index is 0.0209. The van der Waals surface area contributed by atoms with E-state index in [4.69, 9.17) is 0 Å². The number of halogens is 1. The van der Waals surface area contributed by atoms with Gasteiger partial charge in [0.15, 0.2) is 0 Å². The molecule has 8 heteroatoms. The Morgan fingerprint density at radius 1 is 1.38 bits per heavy atom. The Labute approximate surface area is 149 Å². The number of benzene rings is 1. The SMILES string of the molecule is C=C(NCc1ccc(F)cc1)c1nc2n(c(=O)c1O)CC(=O)NC2(C)C. The predicted molar refractivity (Wildman–Crippen MR) is 93.6 cm³/mol. The molecular formula is C18H19FN4O3. The van der Waals surface area contributed by atoms with E-state index >= 15 is 0 Å². The van der Waals surface area contributed by atoms with Gasteiger partial charge in [0, 0.05) is 6.54 Å². The molecule has 26 heavy (non-hydrogen) atoms. The molecule has 1 aliphatic rings. The summed E-state index contributed by atoms with van der Waals surface area (Å²) in [7, 11) is 0. The molecule has 2 heterocycles. The maximum Gasteiger partial charge on any atom is 0.296 e. The fraction of sp³-hybridized carbons (Fsp3) is 0.278. The van der Waals surface area contributed by atoms with Crippen LogP contribution in [-0.2, 0) is 23.4 Å². The van der Waals surface area contributed by atoms with E-state index in [2.05, 4.69) is 22.2 Å². The van der Waals surface area contributed by atoms with Gasteiger partial charge in [0.2, 0.25) is 11.7 Å². The molecule has 3 N–H and O–H groups in total. The first-order chi connectivity index (χ1) is 12.2. The molecule has 0 atom stereocenters. The smallest absolute Gasteiger partial charge is 0.296 e. The number of hydrogen-bond acceptors (Lipinski definition) is 5. The van der Waals surface area contributed by atoms with Crippen LogP contribution in [-0.4, -0.2) is 20.6 Å². The summed E-state index contributed by atoms with van der Waals surface area (Å²) in [5.74, 6) is -0.902. The van der Waals surface area contributed by atoms with Crippen molar-refractivity contribution in [1.82, 2.24) is 20.2 Å². The van der Waals surface area contributed by atoms with Gasteiger partial charge >= 0.3 is 0 Å². The van der Waals surface area contributed by atoms with Crippen LogP contribution < -0.4 is 16.2 Å². The fourth-order valence-corrected chi connectivity index (χ4v) is 2.86. The average molecular weight is 358 g/mol. The summed E-state index contributed by atoms with van der Waals surface area (Å²) < 4.78 is 14.1. The number of nitrogens with zero attached hydrogens (tertiary/aromatic N) is 2. The summed E-state index contributed by atoms with van der Waals surface area (Å²) in [6, 6.07) is 5.91. The van der Waals surface area contributed by atoms with Crippen molar-refractivity contribution in [2.24, 2.45) is 0 Å². The largest absolute Gasteiger partial charge is 0.501 e. The second kappa shape index (κ2) is 6.29. The molecule has 2 aromatic rings. The van der Waals surface area contributed by atoms with E-state index in [0.717, 1.165) is 10.1 Å². The molecule has 0 bridgehead atoms. The van der Waals surface area contributed by atoms with Crippen LogP contribution in [0.2, 0.25) is 0 Å². The van der Waals surface area contributed by atoms with Crippen LogP contribution in [0.4, 0.5) is 4.39 Å². The van der Waals surface area contributed by atoms with E-state index in [0.29, 0.717) is 12.4 Å². The number of aromatic hydroxyl groups is 1. The average Bonchev–Trinajstić information content (AvgIpc) is 2.57. The van der Waals surface area contributed by atoms with Gasteiger partial charge in [-0.2, -0.15) is 0 Å². The van der Waals surface area contributed by atoms with E-state index in [1.54, 1.807) is 26.0 Å². The molecule has 0 aliphatic carbocycles. The standard InChI is InChI=1S/C18H19FN4O3/c1-10(20-8-11-4-6-12(19)7-5-11)14-15(25)16(26)23-9-13(24)22-18(2,3)17(23)21-14/h4-7,20,25H,1,8-9H2,2-3H3,(H,22,24). The van der Waals surface area contributed by atoms with E-state index in [1.807, 2.05) is 0 Å². The molecule has 1 amide bonds. The highest BCUT2D eigenvalue weighted by Crippen LogP contribution is 2.25. The van der Waals surface area contributed by atoms with Crippen LogP contribution in [0.5, 0.6) is 5.75 Å². The van der Waals surface area contributed by atoms with Gasteiger partial charge in [0.25, 0.3) is 5.56 Å². The molecule has 0 radical (unpaired) electrons. The molecule has 3 rings (SSSR count). The lowest BCUT2D eigenvalue weighted by Crippen LogP contribution is -2.53. The number of aromatic nitrogens is 2. The molecule has 1 aliphatic heterocycles. The van der Waals surface area contributed by atoms with Crippen LogP contribution in [0, 0.1) is 5.82 Å². The lowest BCUT2D eigenvalue weighted by atomic mass is 10.0. The fourth-order valence-electron chi connectivity index (χ4n) is 2.86. The highest BCUT2D eigenvalue weighted by atomic mass is 19.1. The van der Waals surface area contributed by atoms with Crippen molar-refractivity contribution in [1.29, 1.82) is 0 Å². The molecule has 0 saturated carbocycles. The second-order valence-electron chi connectivity index (χ2n) is 6.66. The van der Waals surface area contributed by atoms with Crippen LogP contribution in [0.15, 0.2) is 35.6 Å². The number of nitrogens with one attached hydrogen (secondary N) is 2. The first-order valence-electron chi connectivity index (χ1n) is 8.02. The van der Waals surface area contributed by atoms with Crippen molar-refractivity contribution in [2.45, 2.75) is 32.5 Å². The van der Waals surface area contributed by atoms with Gasteiger partial charge in [-0.15, -0.1) is 0 Å². The highest BCUT2D eigenvalue weighted by Gasteiger charge is 2.35. The van der Waals surface area contributed by atoms with Gasteiger partial charge in [-0.1, -0.05) is 18.7 Å². The number of fused-ring (bicyclic) bond motifs is 1. The zero-order valence-electron chi connectivity index (χ0n) is 14.5. The van der Waals surface area contributed by atoms with Crippen LogP contribution >= 0.6 is 0 Å². The summed E-state index contributed by atoms with van der Waals surface area (Å²) >= 11 is 0. The maximum atomic E-state index is 13.0. The zero-order valence-corrected chi connectivity index (χ0v) is 14.5. The second-order valence-corrected chi connectivity index (χ2v) is 6.66. The van der Waals surface area contributed by atoms with Crippen molar-refractivity contribution < 1.29 is 14.3 Å². The zero-order chi connectivity index (χ0) is 19.1. The van der Waals surface area contributed by atoms with Crippen LogP contribution in [0.3, 0.4) is 0 Å². The van der Waals surface area contributed by atoms with E-state index in [9.17, 15) is 19.1 Å². The maximum absolute atomic E-state index is 13.0. The summed E-state index contributed by atoms with van der Waals surface area (Å²) in [6.07, 6.45) is 0. The Balaban J connectivity index is 1.92. The van der Waals surface area contributed by atoms with Gasteiger partial charge in [-0.3, -0.25) is 14.2 Å². The summed E-state index contributed by atoms with van der Waals surface area (Å²) in [4.78, 5) is 28.6. The number of amides is 1. The van der Waals surface area contributed by atoms with Gasteiger partial charge < -0.3 is 15.7 Å². The van der Waals surface area contributed by atoms with Gasteiger partial charge in [-0.05, 0) is 31.5 Å². The molecule has 136 valence electrons. The Morgan fingerprint density at radius 3 is 2.69 bits per heavy atom. The normalized spacial score (nSPS) is 15.1. The lowest BCUT2D eigenvalue weighted by Gasteiger charge is -2.33. The quantitative estimate of drug-likeness (QED) is 0.764. The topological polar surface area (TPSA) is 96.2 Å². The summed E-state index contributed by atoms with van der Waals surface area (Å²) in [6.45, 7) is 7.39. The number of hydrogen-bond donors (Lipinski definition) is 3. The number of carbonyl (C=O) groups is 1. The highest BCUT2D eigenvalue weighted by molar-refractivity contribution is 5.78. The Bertz CT molecular complexity index is 948. The van der Waals surface area contributed by atoms with E-state index < -0.39 is 16.8 Å². The molecular weight excluding hydrogens is 339 g/mol. The summed E-state index contributed by atoms with van der Waals surface area (Å²) in [5, 5.41) is 16.0. The third-order valence-electron chi connectivity index (χ3n) is 4.16. The minimum atomic E-state index is -0.867. The van der Waals surface area contributed by atoms with Crippen LogP contribution in [0.25, 0.3) is 5.70 Å². The molecule has 0 saturated heterocycles. The third kappa shape index (κ3) is 3.17. The van der Waals surface area contributed by atoms with Crippen LogP contribution in [0.1, 0.15) is 30.9 Å². The molecule has 0 unspecified atom stereocenters. The first-order valence-corrected chi connectivity index (χ1v) is 8.02. The van der Waals surface area contributed by atoms with E-state index in [1.165, 1.54) is 12.1 Å². The Kier molecular flexibility index (Phi) is 4.27. The van der Waals surface area contributed by atoms with Gasteiger partial charge in [0.05, 0.1) is 11.2 Å². The molecule has 1 aromatic carbocycles. The monoisotopic (exact) mass is 358 g/mol. The molecule has 1 aromatic heterocycles. The van der Waals surface area contributed by atoms with Crippen molar-refractivity contribution in [3.8, 4) is 5.75 Å². The predicted octanol–water partition coefficient (Wildman–Crippen LogP) is 1.21. The van der Waals surface area contributed by atoms with Gasteiger partial charge in [0.1, 0.15) is 23.9 Å². The number of carbonyl (C=O) groups excluding carboxylic acids is 1. The molecule has 7 nitrogen and oxygen atoms in total. The molecule has 0 spiro atoms. The number of rotatable bonds is 4. The molecule has 0 fully saturated rings. The summed E-state index contributed by atoms with van der Waals surface area (Å²) in [5.41, 5.74) is -0.492. The Morgan fingerprint density at radius 2 is 2.04 bits per heavy atom. The first kappa shape index (κ1) is 17.7. The lowest BCUT2D eigenvalue weighted by molar-refractivity contribution is -0.125. The third-order valence-corrected chi connectivity index (χ3v) is 4.16.